The second-order valence-electron chi connectivity index (χ2n) is 5.94. The van der Waals surface area contributed by atoms with E-state index in [4.69, 9.17) is 9.84 Å². The third-order valence-electron chi connectivity index (χ3n) is 4.00. The Balaban J connectivity index is 1.76. The van der Waals surface area contributed by atoms with Crippen molar-refractivity contribution in [3.63, 3.8) is 0 Å². The van der Waals surface area contributed by atoms with Crippen LogP contribution in [0.3, 0.4) is 0 Å². The second-order valence-corrected chi connectivity index (χ2v) is 6.88. The van der Waals surface area contributed by atoms with E-state index in [0.29, 0.717) is 17.5 Å². The van der Waals surface area contributed by atoms with Crippen molar-refractivity contribution in [3.05, 3.63) is 71.5 Å². The molecule has 1 heterocycles. The maximum Gasteiger partial charge on any atom is 0.313 e. The van der Waals surface area contributed by atoms with Crippen LogP contribution in [0.1, 0.15) is 23.9 Å². The molecule has 3 rings (SSSR count). The fraction of sp³-hybridized carbons (Fsp3) is 0.250. The Bertz CT molecular complexity index is 879. The number of aromatic nitrogens is 3. The summed E-state index contributed by atoms with van der Waals surface area (Å²) < 4.78 is 7.77. The zero-order valence-electron chi connectivity index (χ0n) is 15.0. The highest BCUT2D eigenvalue weighted by molar-refractivity contribution is 7.99. The van der Waals surface area contributed by atoms with Crippen molar-refractivity contribution in [1.29, 1.82) is 0 Å². The first-order valence-corrected chi connectivity index (χ1v) is 9.66. The van der Waals surface area contributed by atoms with E-state index in [0.717, 1.165) is 29.5 Å². The molecular formula is C20H21N3O3S. The van der Waals surface area contributed by atoms with Gasteiger partial charge in [0.05, 0.1) is 12.3 Å². The number of aryl methyl sites for hydroxylation is 1. The predicted octanol–water partition coefficient (Wildman–Crippen LogP) is 3.64. The summed E-state index contributed by atoms with van der Waals surface area (Å²) in [6.07, 6.45) is 0.982. The Labute approximate surface area is 162 Å². The molecule has 0 saturated heterocycles. The van der Waals surface area contributed by atoms with Gasteiger partial charge in [-0.25, -0.2) is 0 Å². The highest BCUT2D eigenvalue weighted by Gasteiger charge is 2.15. The summed E-state index contributed by atoms with van der Waals surface area (Å²) >= 11 is 1.16. The van der Waals surface area contributed by atoms with Crippen LogP contribution in [0, 0.1) is 0 Å². The molecule has 7 heteroatoms. The molecule has 140 valence electrons. The van der Waals surface area contributed by atoms with Crippen LogP contribution in [-0.4, -0.2) is 31.6 Å². The van der Waals surface area contributed by atoms with Crippen LogP contribution in [-0.2, 0) is 24.4 Å². The first-order valence-electron chi connectivity index (χ1n) is 8.68. The Hall–Kier alpha value is -2.80. The van der Waals surface area contributed by atoms with E-state index >= 15 is 0 Å². The molecule has 0 radical (unpaired) electrons. The molecule has 0 aliphatic carbocycles. The van der Waals surface area contributed by atoms with Crippen molar-refractivity contribution in [2.45, 2.75) is 31.7 Å². The molecule has 0 atom stereocenters. The van der Waals surface area contributed by atoms with Gasteiger partial charge in [0.15, 0.2) is 11.0 Å². The van der Waals surface area contributed by atoms with Crippen LogP contribution in [0.5, 0.6) is 5.75 Å². The standard InChI is InChI=1S/C20H21N3O3S/c1-2-15-8-10-17(11-9-15)26-13-18-21-22-20(27-14-19(24)25)23(18)12-16-6-4-3-5-7-16/h3-11H,2,12-14H2,1H3,(H,24,25). The lowest BCUT2D eigenvalue weighted by Gasteiger charge is -2.11. The Morgan fingerprint density at radius 2 is 1.81 bits per heavy atom. The van der Waals surface area contributed by atoms with Crippen molar-refractivity contribution < 1.29 is 14.6 Å². The fourth-order valence-electron chi connectivity index (χ4n) is 2.55. The first kappa shape index (κ1) is 19.0. The quantitative estimate of drug-likeness (QED) is 0.569. The summed E-state index contributed by atoms with van der Waals surface area (Å²) in [7, 11) is 0. The summed E-state index contributed by atoms with van der Waals surface area (Å²) in [5.41, 5.74) is 2.34. The number of nitrogens with zero attached hydrogens (tertiary/aromatic N) is 3. The molecule has 0 aliphatic heterocycles. The molecule has 27 heavy (non-hydrogen) atoms. The molecule has 0 fully saturated rings. The van der Waals surface area contributed by atoms with Gasteiger partial charge in [0.1, 0.15) is 12.4 Å². The van der Waals surface area contributed by atoms with E-state index in [1.165, 1.54) is 5.56 Å². The molecule has 1 aromatic heterocycles. The zero-order chi connectivity index (χ0) is 19.1. The largest absolute Gasteiger partial charge is 0.486 e. The number of ether oxygens (including phenoxy) is 1. The molecule has 1 N–H and O–H groups in total. The number of carboxylic acid groups (broad SMARTS) is 1. The van der Waals surface area contributed by atoms with Gasteiger partial charge in [-0.2, -0.15) is 0 Å². The van der Waals surface area contributed by atoms with Gasteiger partial charge in [-0.15, -0.1) is 10.2 Å². The third-order valence-corrected chi connectivity index (χ3v) is 4.95. The number of carbonyl (C=O) groups is 1. The van der Waals surface area contributed by atoms with Crippen LogP contribution in [0.4, 0.5) is 0 Å². The Morgan fingerprint density at radius 3 is 2.48 bits per heavy atom. The van der Waals surface area contributed by atoms with Crippen LogP contribution < -0.4 is 4.74 Å². The molecular weight excluding hydrogens is 362 g/mol. The number of benzene rings is 2. The van der Waals surface area contributed by atoms with Gasteiger partial charge in [-0.3, -0.25) is 9.36 Å². The normalized spacial score (nSPS) is 10.7. The fourth-order valence-corrected chi connectivity index (χ4v) is 3.23. The van der Waals surface area contributed by atoms with Crippen molar-refractivity contribution in [3.8, 4) is 5.75 Å². The number of rotatable bonds is 9. The van der Waals surface area contributed by atoms with Gasteiger partial charge < -0.3 is 9.84 Å². The van der Waals surface area contributed by atoms with Gasteiger partial charge in [-0.1, -0.05) is 61.2 Å². The van der Waals surface area contributed by atoms with Gasteiger partial charge in [-0.05, 0) is 29.7 Å². The van der Waals surface area contributed by atoms with E-state index in [9.17, 15) is 4.79 Å². The SMILES string of the molecule is CCc1ccc(OCc2nnc(SCC(=O)O)n2Cc2ccccc2)cc1. The second kappa shape index (κ2) is 9.23. The first-order chi connectivity index (χ1) is 13.2. The van der Waals surface area contributed by atoms with E-state index in [-0.39, 0.29) is 12.4 Å². The number of hydrogen-bond acceptors (Lipinski definition) is 5. The van der Waals surface area contributed by atoms with E-state index in [2.05, 4.69) is 17.1 Å². The number of hydrogen-bond donors (Lipinski definition) is 1. The van der Waals surface area contributed by atoms with Gasteiger partial charge in [0.25, 0.3) is 0 Å². The zero-order valence-corrected chi connectivity index (χ0v) is 15.9. The minimum atomic E-state index is -0.886. The maximum atomic E-state index is 10.9. The van der Waals surface area contributed by atoms with Crippen LogP contribution in [0.25, 0.3) is 0 Å². The lowest BCUT2D eigenvalue weighted by molar-refractivity contribution is -0.133. The summed E-state index contributed by atoms with van der Waals surface area (Å²) in [5.74, 6) is 0.474. The van der Waals surface area contributed by atoms with Crippen molar-refractivity contribution in [1.82, 2.24) is 14.8 Å². The monoisotopic (exact) mass is 383 g/mol. The molecule has 0 amide bonds. The van der Waals surface area contributed by atoms with Crippen LogP contribution >= 0.6 is 11.8 Å². The molecule has 0 saturated carbocycles. The predicted molar refractivity (Wildman–Crippen MR) is 104 cm³/mol. The van der Waals surface area contributed by atoms with E-state index in [1.54, 1.807) is 0 Å². The summed E-state index contributed by atoms with van der Waals surface area (Å²) in [6, 6.07) is 17.9. The highest BCUT2D eigenvalue weighted by Crippen LogP contribution is 2.20. The smallest absolute Gasteiger partial charge is 0.313 e. The minimum Gasteiger partial charge on any atom is -0.486 e. The van der Waals surface area contributed by atoms with Gasteiger partial charge >= 0.3 is 5.97 Å². The van der Waals surface area contributed by atoms with Crippen LogP contribution in [0.15, 0.2) is 59.8 Å². The summed E-state index contributed by atoms with van der Waals surface area (Å²) in [6.45, 7) is 2.93. The minimum absolute atomic E-state index is 0.0632. The lowest BCUT2D eigenvalue weighted by atomic mass is 10.2. The maximum absolute atomic E-state index is 10.9. The molecule has 0 spiro atoms. The number of thioether (sulfide) groups is 1. The Morgan fingerprint density at radius 1 is 1.07 bits per heavy atom. The topological polar surface area (TPSA) is 77.2 Å². The molecule has 3 aromatic rings. The summed E-state index contributed by atoms with van der Waals surface area (Å²) in [5, 5.41) is 17.9. The molecule has 0 bridgehead atoms. The van der Waals surface area contributed by atoms with Gasteiger partial charge in [0.2, 0.25) is 0 Å². The van der Waals surface area contributed by atoms with Crippen molar-refractivity contribution in [2.24, 2.45) is 0 Å². The Kier molecular flexibility index (Phi) is 6.49. The highest BCUT2D eigenvalue weighted by atomic mass is 32.2. The van der Waals surface area contributed by atoms with E-state index < -0.39 is 5.97 Å². The number of carboxylic acids is 1. The molecule has 2 aromatic carbocycles. The molecule has 0 aliphatic rings. The average molecular weight is 383 g/mol. The third kappa shape index (κ3) is 5.34. The number of aliphatic carboxylic acids is 1. The lowest BCUT2D eigenvalue weighted by Crippen LogP contribution is -2.10. The summed E-state index contributed by atoms with van der Waals surface area (Å²) in [4.78, 5) is 10.9. The molecule has 0 unspecified atom stereocenters. The van der Waals surface area contributed by atoms with Crippen molar-refractivity contribution in [2.75, 3.05) is 5.75 Å². The average Bonchev–Trinajstić information content (AvgIpc) is 3.07. The van der Waals surface area contributed by atoms with Crippen molar-refractivity contribution >= 4 is 17.7 Å². The van der Waals surface area contributed by atoms with E-state index in [1.807, 2.05) is 59.2 Å². The van der Waals surface area contributed by atoms with Gasteiger partial charge in [0, 0.05) is 0 Å². The van der Waals surface area contributed by atoms with Crippen LogP contribution in [0.2, 0.25) is 0 Å². The molecule has 6 nitrogen and oxygen atoms in total.